The number of hydrogen-bond donors (Lipinski definition) is 1. The average Bonchev–Trinajstić information content (AvgIpc) is 3.14. The summed E-state index contributed by atoms with van der Waals surface area (Å²) < 4.78 is 5.93. The number of nitrogens with zero attached hydrogens (tertiary/aromatic N) is 1. The molecular formula is C16H30N2O. The Morgan fingerprint density at radius 2 is 2.05 bits per heavy atom. The third-order valence-corrected chi connectivity index (χ3v) is 5.03. The van der Waals surface area contributed by atoms with Gasteiger partial charge in [0.2, 0.25) is 0 Å². The monoisotopic (exact) mass is 266 g/mol. The third-order valence-electron chi connectivity index (χ3n) is 5.03. The fraction of sp³-hybridized carbons (Fsp3) is 1.00. The maximum absolute atomic E-state index is 5.93. The molecule has 0 bridgehead atoms. The minimum Gasteiger partial charge on any atom is -0.378 e. The predicted octanol–water partition coefficient (Wildman–Crippen LogP) is 2.55. The molecule has 3 nitrogen and oxygen atoms in total. The summed E-state index contributed by atoms with van der Waals surface area (Å²) in [5.74, 6) is 0. The van der Waals surface area contributed by atoms with E-state index in [0.29, 0.717) is 6.10 Å². The average molecular weight is 266 g/mol. The van der Waals surface area contributed by atoms with Crippen molar-refractivity contribution >= 4 is 0 Å². The molecule has 0 aromatic carbocycles. The van der Waals surface area contributed by atoms with Crippen molar-refractivity contribution in [3.8, 4) is 0 Å². The molecule has 1 aliphatic carbocycles. The molecule has 2 aliphatic heterocycles. The van der Waals surface area contributed by atoms with Gasteiger partial charge >= 0.3 is 0 Å². The van der Waals surface area contributed by atoms with Crippen molar-refractivity contribution in [3.05, 3.63) is 0 Å². The van der Waals surface area contributed by atoms with Crippen LogP contribution in [0.3, 0.4) is 0 Å². The number of rotatable bonds is 6. The highest BCUT2D eigenvalue weighted by Crippen LogP contribution is 2.33. The second-order valence-electron chi connectivity index (χ2n) is 6.68. The van der Waals surface area contributed by atoms with E-state index in [9.17, 15) is 0 Å². The lowest BCUT2D eigenvalue weighted by atomic mass is 9.98. The summed E-state index contributed by atoms with van der Waals surface area (Å²) in [6.45, 7) is 5.77. The van der Waals surface area contributed by atoms with Crippen LogP contribution in [0, 0.1) is 0 Å². The molecule has 1 N–H and O–H groups in total. The van der Waals surface area contributed by atoms with Crippen molar-refractivity contribution in [2.24, 2.45) is 0 Å². The smallest absolute Gasteiger partial charge is 0.0590 e. The summed E-state index contributed by atoms with van der Waals surface area (Å²) in [6, 6.07) is 2.45. The number of hydrogen-bond acceptors (Lipinski definition) is 3. The fourth-order valence-electron chi connectivity index (χ4n) is 3.85. The van der Waals surface area contributed by atoms with Crippen molar-refractivity contribution in [3.63, 3.8) is 0 Å². The van der Waals surface area contributed by atoms with Crippen molar-refractivity contribution in [2.75, 3.05) is 19.7 Å². The van der Waals surface area contributed by atoms with E-state index in [1.165, 1.54) is 64.5 Å². The molecule has 3 unspecified atom stereocenters. The van der Waals surface area contributed by atoms with E-state index >= 15 is 0 Å². The molecule has 0 radical (unpaired) electrons. The van der Waals surface area contributed by atoms with Crippen LogP contribution in [-0.4, -0.2) is 48.8 Å². The minimum absolute atomic E-state index is 0.529. The normalized spacial score (nSPS) is 36.0. The highest BCUT2D eigenvalue weighted by molar-refractivity contribution is 4.93. The Labute approximate surface area is 118 Å². The maximum atomic E-state index is 5.93. The lowest BCUT2D eigenvalue weighted by Crippen LogP contribution is -2.48. The van der Waals surface area contributed by atoms with E-state index in [-0.39, 0.29) is 0 Å². The lowest BCUT2D eigenvalue weighted by Gasteiger charge is -2.39. The van der Waals surface area contributed by atoms with Crippen LogP contribution in [0.5, 0.6) is 0 Å². The Bertz CT molecular complexity index is 272. The largest absolute Gasteiger partial charge is 0.378 e. The van der Waals surface area contributed by atoms with Gasteiger partial charge in [-0.15, -0.1) is 0 Å². The van der Waals surface area contributed by atoms with Crippen LogP contribution >= 0.6 is 0 Å². The highest BCUT2D eigenvalue weighted by atomic mass is 16.5. The first kappa shape index (κ1) is 13.8. The SMILES string of the molecule is CCCC1CC(N(CC2CCCN2)C2CC2)CCO1. The fourth-order valence-corrected chi connectivity index (χ4v) is 3.85. The van der Waals surface area contributed by atoms with Crippen molar-refractivity contribution in [2.45, 2.75) is 82.5 Å². The van der Waals surface area contributed by atoms with Gasteiger partial charge in [-0.2, -0.15) is 0 Å². The summed E-state index contributed by atoms with van der Waals surface area (Å²) >= 11 is 0. The summed E-state index contributed by atoms with van der Waals surface area (Å²) in [5, 5.41) is 3.67. The van der Waals surface area contributed by atoms with E-state index in [2.05, 4.69) is 17.1 Å². The first-order valence-electron chi connectivity index (χ1n) is 8.47. The zero-order valence-electron chi connectivity index (χ0n) is 12.4. The van der Waals surface area contributed by atoms with Crippen LogP contribution in [0.1, 0.15) is 58.3 Å². The molecule has 0 spiro atoms. The Balaban J connectivity index is 1.55. The van der Waals surface area contributed by atoms with Gasteiger partial charge in [0.25, 0.3) is 0 Å². The molecule has 0 aromatic rings. The topological polar surface area (TPSA) is 24.5 Å². The Morgan fingerprint density at radius 3 is 2.74 bits per heavy atom. The quantitative estimate of drug-likeness (QED) is 0.799. The van der Waals surface area contributed by atoms with Crippen LogP contribution in [0.4, 0.5) is 0 Å². The van der Waals surface area contributed by atoms with E-state index in [1.807, 2.05) is 0 Å². The lowest BCUT2D eigenvalue weighted by molar-refractivity contribution is -0.0340. The van der Waals surface area contributed by atoms with Gasteiger partial charge in [0.15, 0.2) is 0 Å². The van der Waals surface area contributed by atoms with Crippen LogP contribution in [0.25, 0.3) is 0 Å². The Kier molecular flexibility index (Phi) is 4.78. The van der Waals surface area contributed by atoms with Crippen LogP contribution in [-0.2, 0) is 4.74 Å². The van der Waals surface area contributed by atoms with Crippen LogP contribution in [0.15, 0.2) is 0 Å². The van der Waals surface area contributed by atoms with E-state index in [0.717, 1.165) is 24.7 Å². The molecule has 2 saturated heterocycles. The van der Waals surface area contributed by atoms with Gasteiger partial charge in [-0.05, 0) is 51.5 Å². The minimum atomic E-state index is 0.529. The molecule has 3 rings (SSSR count). The van der Waals surface area contributed by atoms with Crippen LogP contribution < -0.4 is 5.32 Å². The number of ether oxygens (including phenoxy) is 1. The van der Waals surface area contributed by atoms with E-state index < -0.39 is 0 Å². The summed E-state index contributed by atoms with van der Waals surface area (Å²) in [7, 11) is 0. The summed E-state index contributed by atoms with van der Waals surface area (Å²) in [6.07, 6.45) is 11.2. The van der Waals surface area contributed by atoms with Crippen LogP contribution in [0.2, 0.25) is 0 Å². The first-order valence-corrected chi connectivity index (χ1v) is 8.47. The van der Waals surface area contributed by atoms with Gasteiger partial charge in [0.1, 0.15) is 0 Å². The molecule has 2 heterocycles. The van der Waals surface area contributed by atoms with Gasteiger partial charge in [-0.25, -0.2) is 0 Å². The second kappa shape index (κ2) is 6.55. The van der Waals surface area contributed by atoms with Gasteiger partial charge in [-0.3, -0.25) is 4.90 Å². The summed E-state index contributed by atoms with van der Waals surface area (Å²) in [4.78, 5) is 2.84. The highest BCUT2D eigenvalue weighted by Gasteiger charge is 2.37. The molecule has 0 aromatic heterocycles. The molecule has 1 saturated carbocycles. The molecule has 19 heavy (non-hydrogen) atoms. The van der Waals surface area contributed by atoms with E-state index in [1.54, 1.807) is 0 Å². The predicted molar refractivity (Wildman–Crippen MR) is 78.4 cm³/mol. The van der Waals surface area contributed by atoms with Crippen molar-refractivity contribution < 1.29 is 4.74 Å². The second-order valence-corrected chi connectivity index (χ2v) is 6.68. The van der Waals surface area contributed by atoms with Gasteiger partial charge in [0.05, 0.1) is 6.10 Å². The molecule has 0 amide bonds. The zero-order chi connectivity index (χ0) is 13.1. The maximum Gasteiger partial charge on any atom is 0.0590 e. The van der Waals surface area contributed by atoms with E-state index in [4.69, 9.17) is 4.74 Å². The molecular weight excluding hydrogens is 236 g/mol. The Morgan fingerprint density at radius 1 is 1.16 bits per heavy atom. The number of nitrogens with one attached hydrogen (secondary N) is 1. The van der Waals surface area contributed by atoms with Gasteiger partial charge < -0.3 is 10.1 Å². The molecule has 110 valence electrons. The summed E-state index contributed by atoms with van der Waals surface area (Å²) in [5.41, 5.74) is 0. The Hall–Kier alpha value is -0.120. The van der Waals surface area contributed by atoms with Gasteiger partial charge in [0, 0.05) is 31.3 Å². The third kappa shape index (κ3) is 3.71. The molecule has 3 fully saturated rings. The molecule has 3 atom stereocenters. The molecule has 3 aliphatic rings. The zero-order valence-corrected chi connectivity index (χ0v) is 12.4. The first-order chi connectivity index (χ1) is 9.36. The van der Waals surface area contributed by atoms with Crippen molar-refractivity contribution in [1.82, 2.24) is 10.2 Å². The standard InChI is InChI=1S/C16H30N2O/c1-2-4-16-11-15(8-10-19-16)18(14-6-7-14)12-13-5-3-9-17-13/h13-17H,2-12H2,1H3. The molecule has 3 heteroatoms. The van der Waals surface area contributed by atoms with Crippen molar-refractivity contribution in [1.29, 1.82) is 0 Å². The van der Waals surface area contributed by atoms with Gasteiger partial charge in [-0.1, -0.05) is 13.3 Å².